The molecule has 0 saturated heterocycles. The highest BCUT2D eigenvalue weighted by Gasteiger charge is 2.24. The molecule has 10 heteroatoms. The molecule has 2 aromatic heterocycles. The molecule has 2 heterocycles. The highest BCUT2D eigenvalue weighted by molar-refractivity contribution is 8.00. The van der Waals surface area contributed by atoms with Crippen LogP contribution >= 0.6 is 23.4 Å². The van der Waals surface area contributed by atoms with E-state index in [4.69, 9.17) is 11.6 Å². The normalized spacial score (nSPS) is 14.2. The van der Waals surface area contributed by atoms with Gasteiger partial charge in [0.1, 0.15) is 16.2 Å². The largest absolute Gasteiger partial charge is 0.351 e. The van der Waals surface area contributed by atoms with Crippen molar-refractivity contribution in [1.82, 2.24) is 24.4 Å². The average molecular weight is 474 g/mol. The lowest BCUT2D eigenvalue weighted by molar-refractivity contribution is -0.118. The Hall–Kier alpha value is -2.65. The fourth-order valence-electron chi connectivity index (χ4n) is 3.94. The molecule has 1 aromatic carbocycles. The van der Waals surface area contributed by atoms with E-state index in [-0.39, 0.29) is 23.0 Å². The van der Waals surface area contributed by atoms with Gasteiger partial charge in [0.25, 0.3) is 5.56 Å². The van der Waals surface area contributed by atoms with E-state index in [2.05, 4.69) is 15.3 Å². The van der Waals surface area contributed by atoms with Crippen molar-refractivity contribution in [3.8, 4) is 0 Å². The van der Waals surface area contributed by atoms with Crippen molar-refractivity contribution in [2.75, 3.05) is 5.75 Å². The van der Waals surface area contributed by atoms with E-state index in [1.807, 2.05) is 18.2 Å². The van der Waals surface area contributed by atoms with Gasteiger partial charge in [-0.15, -0.1) is 0 Å². The zero-order valence-electron chi connectivity index (χ0n) is 17.9. The summed E-state index contributed by atoms with van der Waals surface area (Å²) in [6, 6.07) is 7.32. The lowest BCUT2D eigenvalue weighted by atomic mass is 10.1. The van der Waals surface area contributed by atoms with Crippen LogP contribution < -0.4 is 16.6 Å². The van der Waals surface area contributed by atoms with Crippen LogP contribution in [0.15, 0.2) is 38.9 Å². The van der Waals surface area contributed by atoms with E-state index in [1.54, 1.807) is 13.1 Å². The van der Waals surface area contributed by atoms with Crippen molar-refractivity contribution in [2.45, 2.75) is 43.2 Å². The van der Waals surface area contributed by atoms with Crippen LogP contribution in [-0.4, -0.2) is 30.8 Å². The van der Waals surface area contributed by atoms with Crippen LogP contribution in [0, 0.1) is 0 Å². The second kappa shape index (κ2) is 9.46. The molecule has 0 unspecified atom stereocenters. The number of nitrogens with one attached hydrogen (secondary N) is 1. The fourth-order valence-corrected chi connectivity index (χ4v) is 4.99. The molecule has 8 nitrogen and oxygen atoms in total. The van der Waals surface area contributed by atoms with Crippen molar-refractivity contribution < 1.29 is 4.79 Å². The molecule has 4 rings (SSSR count). The number of rotatable bonds is 6. The van der Waals surface area contributed by atoms with Crippen molar-refractivity contribution >= 4 is 40.3 Å². The summed E-state index contributed by atoms with van der Waals surface area (Å²) in [6.07, 6.45) is 4.17. The summed E-state index contributed by atoms with van der Waals surface area (Å²) in [7, 11) is 3.03. The van der Waals surface area contributed by atoms with E-state index in [9.17, 15) is 14.4 Å². The van der Waals surface area contributed by atoms with Crippen LogP contribution in [0.3, 0.4) is 0 Å². The molecule has 1 N–H and O–H groups in total. The molecule has 1 aliphatic rings. The molecule has 0 spiro atoms. The molecule has 0 atom stereocenters. The predicted octanol–water partition coefficient (Wildman–Crippen LogP) is 2.75. The Morgan fingerprint density at radius 3 is 2.59 bits per heavy atom. The maximum atomic E-state index is 12.9. The number of halogens is 1. The molecule has 1 aliphatic carbocycles. The number of amides is 1. The molecule has 0 bridgehead atoms. The molecule has 0 aliphatic heterocycles. The summed E-state index contributed by atoms with van der Waals surface area (Å²) >= 11 is 7.33. The Bertz CT molecular complexity index is 1300. The summed E-state index contributed by atoms with van der Waals surface area (Å²) in [5, 5.41) is 4.13. The van der Waals surface area contributed by atoms with Gasteiger partial charge >= 0.3 is 5.69 Å². The highest BCUT2D eigenvalue weighted by atomic mass is 35.5. The smallest absolute Gasteiger partial charge is 0.332 e. The Kier molecular flexibility index (Phi) is 6.66. The summed E-state index contributed by atoms with van der Waals surface area (Å²) in [5.74, 6) is 0.710. The minimum Gasteiger partial charge on any atom is -0.351 e. The molecule has 1 saturated carbocycles. The predicted molar refractivity (Wildman–Crippen MR) is 125 cm³/mol. The molecule has 0 radical (unpaired) electrons. The highest BCUT2D eigenvalue weighted by Crippen LogP contribution is 2.34. The third-order valence-electron chi connectivity index (χ3n) is 5.78. The van der Waals surface area contributed by atoms with E-state index in [1.165, 1.54) is 23.4 Å². The van der Waals surface area contributed by atoms with E-state index in [0.29, 0.717) is 28.1 Å². The lowest BCUT2D eigenvalue weighted by Gasteiger charge is -2.14. The first-order chi connectivity index (χ1) is 15.4. The van der Waals surface area contributed by atoms with Crippen LogP contribution in [-0.2, 0) is 25.4 Å². The minimum atomic E-state index is -0.458. The van der Waals surface area contributed by atoms with Crippen molar-refractivity contribution in [3.05, 3.63) is 61.5 Å². The van der Waals surface area contributed by atoms with Gasteiger partial charge in [0.05, 0.1) is 5.75 Å². The van der Waals surface area contributed by atoms with Gasteiger partial charge in [0.15, 0.2) is 5.65 Å². The van der Waals surface area contributed by atoms with Gasteiger partial charge < -0.3 is 5.32 Å². The molecule has 1 amide bonds. The van der Waals surface area contributed by atoms with Gasteiger partial charge in [-0.2, -0.15) is 0 Å². The van der Waals surface area contributed by atoms with Crippen LogP contribution in [0.4, 0.5) is 0 Å². The van der Waals surface area contributed by atoms with Gasteiger partial charge in [0, 0.05) is 31.6 Å². The Morgan fingerprint density at radius 1 is 1.16 bits per heavy atom. The lowest BCUT2D eigenvalue weighted by Crippen LogP contribution is -2.38. The number of benzene rings is 1. The van der Waals surface area contributed by atoms with Crippen LogP contribution in [0.25, 0.3) is 11.0 Å². The number of fused-ring (bicyclic) bond motifs is 1. The number of nitrogens with zero attached hydrogens (tertiary/aromatic N) is 4. The van der Waals surface area contributed by atoms with Gasteiger partial charge in [-0.3, -0.25) is 18.7 Å². The number of thioether (sulfide) groups is 1. The van der Waals surface area contributed by atoms with E-state index >= 15 is 0 Å². The third-order valence-corrected chi connectivity index (χ3v) is 7.12. The topological polar surface area (TPSA) is 98.9 Å². The summed E-state index contributed by atoms with van der Waals surface area (Å²) < 4.78 is 2.42. The van der Waals surface area contributed by atoms with Crippen molar-refractivity contribution in [3.63, 3.8) is 0 Å². The van der Waals surface area contributed by atoms with Crippen molar-refractivity contribution in [1.29, 1.82) is 0 Å². The molecular weight excluding hydrogens is 450 g/mol. The molecule has 3 aromatic rings. The first kappa shape index (κ1) is 22.5. The zero-order valence-corrected chi connectivity index (χ0v) is 19.5. The van der Waals surface area contributed by atoms with E-state index < -0.39 is 11.2 Å². The SMILES string of the molecule is Cn1c(=O)c2c(SCC(=O)NCc3ccccc3Cl)nc(C3CCCC3)nc2n(C)c1=O. The van der Waals surface area contributed by atoms with Gasteiger partial charge in [-0.1, -0.05) is 54.4 Å². The summed E-state index contributed by atoms with van der Waals surface area (Å²) in [5.41, 5.74) is 0.244. The van der Waals surface area contributed by atoms with Crippen LogP contribution in [0.2, 0.25) is 5.02 Å². The van der Waals surface area contributed by atoms with Gasteiger partial charge in [-0.05, 0) is 24.5 Å². The number of hydrogen-bond donors (Lipinski definition) is 1. The van der Waals surface area contributed by atoms with Crippen LogP contribution in [0.1, 0.15) is 43.0 Å². The zero-order chi connectivity index (χ0) is 22.8. The average Bonchev–Trinajstić information content (AvgIpc) is 3.34. The Balaban J connectivity index is 1.63. The first-order valence-electron chi connectivity index (χ1n) is 10.5. The second-order valence-corrected chi connectivity index (χ2v) is 9.30. The molecule has 168 valence electrons. The second-order valence-electron chi connectivity index (χ2n) is 7.93. The molecule has 32 heavy (non-hydrogen) atoms. The standard InChI is InChI=1S/C22H24ClN5O3S/c1-27-19-17(21(30)28(2)22(27)31)20(26-18(25-19)13-7-3-4-8-13)32-12-16(29)24-11-14-9-5-6-10-15(14)23/h5-6,9-10,13H,3-4,7-8,11-12H2,1-2H3,(H,24,29). The third kappa shape index (κ3) is 4.45. The maximum Gasteiger partial charge on any atom is 0.332 e. The van der Waals surface area contributed by atoms with E-state index in [0.717, 1.165) is 35.8 Å². The number of carbonyl (C=O) groups is 1. The van der Waals surface area contributed by atoms with Gasteiger partial charge in [0.2, 0.25) is 5.91 Å². The monoisotopic (exact) mass is 473 g/mol. The Morgan fingerprint density at radius 2 is 1.88 bits per heavy atom. The first-order valence-corrected chi connectivity index (χ1v) is 11.8. The number of aromatic nitrogens is 4. The fraction of sp³-hybridized carbons (Fsp3) is 0.409. The molecular formula is C22H24ClN5O3S. The summed E-state index contributed by atoms with van der Waals surface area (Å²) in [6.45, 7) is 0.313. The molecule has 1 fully saturated rings. The quantitative estimate of drug-likeness (QED) is 0.436. The number of hydrogen-bond acceptors (Lipinski definition) is 6. The maximum absolute atomic E-state index is 12.9. The number of carbonyl (C=O) groups excluding carboxylic acids is 1. The van der Waals surface area contributed by atoms with Crippen LogP contribution in [0.5, 0.6) is 0 Å². The number of aryl methyl sites for hydroxylation is 1. The van der Waals surface area contributed by atoms with Crippen molar-refractivity contribution in [2.24, 2.45) is 14.1 Å². The summed E-state index contributed by atoms with van der Waals surface area (Å²) in [4.78, 5) is 47.1. The van der Waals surface area contributed by atoms with Gasteiger partial charge in [-0.25, -0.2) is 14.8 Å². The Labute approximate surface area is 194 Å². The minimum absolute atomic E-state index is 0.0761.